The maximum absolute atomic E-state index is 13.5. The second-order valence-electron chi connectivity index (χ2n) is 10.3. The van der Waals surface area contributed by atoms with Crippen LogP contribution in [0.4, 0.5) is 0 Å². The first kappa shape index (κ1) is 27.4. The first-order valence-electron chi connectivity index (χ1n) is 13.4. The Morgan fingerprint density at radius 2 is 1.68 bits per heavy atom. The Morgan fingerprint density at radius 1 is 0.974 bits per heavy atom. The van der Waals surface area contributed by atoms with Crippen LogP contribution in [0.2, 0.25) is 0 Å². The summed E-state index contributed by atoms with van der Waals surface area (Å²) in [5.41, 5.74) is 1.58. The van der Waals surface area contributed by atoms with Gasteiger partial charge in [-0.1, -0.05) is 30.3 Å². The van der Waals surface area contributed by atoms with E-state index in [2.05, 4.69) is 16.0 Å². The fourth-order valence-corrected chi connectivity index (χ4v) is 4.67. The number of phenolic OH excluding ortho intramolecular Hbond substituents is 1. The SMILES string of the molecule is C[C@@H]1CN[C@@H](C2CC2)C(=O)N(C)[C@H](C)C(=O)N[C@H](c2ccc(O)cc2)C(=O)NCCCc2ccccc2O1. The van der Waals surface area contributed by atoms with Crippen LogP contribution in [0.15, 0.2) is 48.5 Å². The lowest BCUT2D eigenvalue weighted by Crippen LogP contribution is -2.55. The maximum atomic E-state index is 13.5. The molecule has 204 valence electrons. The van der Waals surface area contributed by atoms with Crippen molar-refractivity contribution in [3.05, 3.63) is 59.7 Å². The minimum atomic E-state index is -0.971. The molecule has 0 unspecified atom stereocenters. The number of para-hydroxylation sites is 1. The van der Waals surface area contributed by atoms with Crippen LogP contribution in [0.25, 0.3) is 0 Å². The number of likely N-dealkylation sites (N-methyl/N-ethyl adjacent to an activating group) is 1. The average molecular weight is 523 g/mol. The molecule has 4 rings (SSSR count). The number of phenols is 1. The van der Waals surface area contributed by atoms with Crippen molar-refractivity contribution in [2.24, 2.45) is 5.92 Å². The molecule has 0 spiro atoms. The molecule has 1 aliphatic heterocycles. The number of fused-ring (bicyclic) bond motifs is 1. The van der Waals surface area contributed by atoms with Gasteiger partial charge in [-0.05, 0) is 74.8 Å². The number of amides is 3. The average Bonchev–Trinajstić information content (AvgIpc) is 3.75. The second kappa shape index (κ2) is 12.3. The van der Waals surface area contributed by atoms with Gasteiger partial charge in [-0.15, -0.1) is 0 Å². The van der Waals surface area contributed by atoms with Crippen LogP contribution < -0.4 is 20.7 Å². The van der Waals surface area contributed by atoms with Gasteiger partial charge in [0, 0.05) is 20.1 Å². The normalized spacial score (nSPS) is 26.3. The van der Waals surface area contributed by atoms with Crippen LogP contribution in [0, 0.1) is 5.92 Å². The molecule has 1 aliphatic carbocycles. The zero-order valence-electron chi connectivity index (χ0n) is 22.3. The maximum Gasteiger partial charge on any atom is 0.247 e. The largest absolute Gasteiger partial charge is 0.508 e. The minimum Gasteiger partial charge on any atom is -0.508 e. The summed E-state index contributed by atoms with van der Waals surface area (Å²) in [4.78, 5) is 41.4. The number of hydrogen-bond donors (Lipinski definition) is 4. The molecule has 0 aromatic heterocycles. The van der Waals surface area contributed by atoms with Crippen molar-refractivity contribution in [1.29, 1.82) is 0 Å². The molecule has 0 radical (unpaired) electrons. The van der Waals surface area contributed by atoms with Gasteiger partial charge in [-0.3, -0.25) is 14.4 Å². The lowest BCUT2D eigenvalue weighted by Gasteiger charge is -2.31. The summed E-state index contributed by atoms with van der Waals surface area (Å²) in [6, 6.07) is 11.8. The van der Waals surface area contributed by atoms with E-state index in [1.54, 1.807) is 26.1 Å². The van der Waals surface area contributed by atoms with E-state index in [1.807, 2.05) is 31.2 Å². The molecule has 38 heavy (non-hydrogen) atoms. The van der Waals surface area contributed by atoms with E-state index in [9.17, 15) is 19.5 Å². The van der Waals surface area contributed by atoms with Gasteiger partial charge in [0.05, 0.1) is 6.04 Å². The number of aryl methyl sites for hydroxylation is 1. The molecule has 4 N–H and O–H groups in total. The Balaban J connectivity index is 1.60. The number of aromatic hydroxyl groups is 1. The second-order valence-corrected chi connectivity index (χ2v) is 10.3. The smallest absolute Gasteiger partial charge is 0.247 e. The number of hydrogen-bond acceptors (Lipinski definition) is 6. The number of nitrogens with one attached hydrogen (secondary N) is 3. The summed E-state index contributed by atoms with van der Waals surface area (Å²) >= 11 is 0. The molecule has 9 heteroatoms. The van der Waals surface area contributed by atoms with Crippen molar-refractivity contribution in [3.63, 3.8) is 0 Å². The van der Waals surface area contributed by atoms with E-state index in [1.165, 1.54) is 17.0 Å². The first-order chi connectivity index (χ1) is 18.2. The molecular formula is C29H38N4O5. The molecule has 0 bridgehead atoms. The summed E-state index contributed by atoms with van der Waals surface area (Å²) in [6.45, 7) is 4.53. The Morgan fingerprint density at radius 3 is 2.39 bits per heavy atom. The van der Waals surface area contributed by atoms with Crippen LogP contribution in [0.1, 0.15) is 50.3 Å². The van der Waals surface area contributed by atoms with Crippen molar-refractivity contribution < 1.29 is 24.2 Å². The zero-order valence-corrected chi connectivity index (χ0v) is 22.3. The van der Waals surface area contributed by atoms with E-state index in [-0.39, 0.29) is 29.6 Å². The van der Waals surface area contributed by atoms with Gasteiger partial charge in [0.15, 0.2) is 0 Å². The van der Waals surface area contributed by atoms with Crippen molar-refractivity contribution in [2.45, 2.75) is 63.8 Å². The van der Waals surface area contributed by atoms with Crippen LogP contribution in [-0.4, -0.2) is 66.1 Å². The summed E-state index contributed by atoms with van der Waals surface area (Å²) in [6.07, 6.45) is 3.14. The molecule has 1 fully saturated rings. The summed E-state index contributed by atoms with van der Waals surface area (Å²) in [5.74, 6) is 0.129. The number of nitrogens with zero attached hydrogens (tertiary/aromatic N) is 1. The third-order valence-corrected chi connectivity index (χ3v) is 7.29. The molecule has 2 aromatic carbocycles. The fourth-order valence-electron chi connectivity index (χ4n) is 4.67. The molecule has 4 atom stereocenters. The van der Waals surface area contributed by atoms with Crippen molar-refractivity contribution in [2.75, 3.05) is 20.1 Å². The Kier molecular flexibility index (Phi) is 8.89. The molecule has 3 amide bonds. The standard InChI is InChI=1S/C29H38N4O5/c1-18-17-31-26(22-10-11-22)29(37)33(3)19(2)27(35)32-25(21-12-14-23(34)15-13-21)28(36)30-16-6-8-20-7-4-5-9-24(20)38-18/h4-5,7,9,12-15,18-19,22,25-26,31,34H,6,8,10-11,16-17H2,1-3H3,(H,30,36)(H,32,35)/t18-,19-,25-,26+/m1/s1. The van der Waals surface area contributed by atoms with Gasteiger partial charge < -0.3 is 30.7 Å². The summed E-state index contributed by atoms with van der Waals surface area (Å²) in [7, 11) is 1.62. The molecule has 2 aliphatic rings. The molecule has 1 heterocycles. The number of carbonyl (C=O) groups is 3. The number of ether oxygens (including phenoxy) is 1. The van der Waals surface area contributed by atoms with Gasteiger partial charge in [0.25, 0.3) is 0 Å². The monoisotopic (exact) mass is 522 g/mol. The van der Waals surface area contributed by atoms with Crippen LogP contribution in [0.5, 0.6) is 11.5 Å². The molecule has 1 saturated carbocycles. The van der Waals surface area contributed by atoms with E-state index in [0.29, 0.717) is 31.5 Å². The molecule has 0 saturated heterocycles. The van der Waals surface area contributed by atoms with E-state index in [4.69, 9.17) is 4.74 Å². The van der Waals surface area contributed by atoms with Crippen molar-refractivity contribution in [1.82, 2.24) is 20.9 Å². The first-order valence-corrected chi connectivity index (χ1v) is 13.4. The van der Waals surface area contributed by atoms with Gasteiger partial charge >= 0.3 is 0 Å². The van der Waals surface area contributed by atoms with Gasteiger partial charge in [0.1, 0.15) is 29.7 Å². The van der Waals surface area contributed by atoms with E-state index in [0.717, 1.165) is 24.2 Å². The van der Waals surface area contributed by atoms with Crippen molar-refractivity contribution >= 4 is 17.7 Å². The lowest BCUT2D eigenvalue weighted by molar-refractivity contribution is -0.141. The van der Waals surface area contributed by atoms with Gasteiger partial charge in [0.2, 0.25) is 17.7 Å². The highest BCUT2D eigenvalue weighted by molar-refractivity contribution is 5.93. The van der Waals surface area contributed by atoms with Crippen LogP contribution >= 0.6 is 0 Å². The molecule has 9 nitrogen and oxygen atoms in total. The molecule has 2 aromatic rings. The number of rotatable bonds is 2. The Hall–Kier alpha value is -3.59. The predicted octanol–water partition coefficient (Wildman–Crippen LogP) is 2.29. The third-order valence-electron chi connectivity index (χ3n) is 7.29. The topological polar surface area (TPSA) is 120 Å². The highest BCUT2D eigenvalue weighted by Gasteiger charge is 2.39. The van der Waals surface area contributed by atoms with Crippen LogP contribution in [0.3, 0.4) is 0 Å². The highest BCUT2D eigenvalue weighted by Crippen LogP contribution is 2.34. The summed E-state index contributed by atoms with van der Waals surface area (Å²) in [5, 5.41) is 18.8. The predicted molar refractivity (Wildman–Crippen MR) is 144 cm³/mol. The number of carbonyl (C=O) groups excluding carboxylic acids is 3. The van der Waals surface area contributed by atoms with Crippen molar-refractivity contribution in [3.8, 4) is 11.5 Å². The van der Waals surface area contributed by atoms with Crippen LogP contribution in [-0.2, 0) is 20.8 Å². The Bertz CT molecular complexity index is 1130. The van der Waals surface area contributed by atoms with E-state index < -0.39 is 24.0 Å². The quantitative estimate of drug-likeness (QED) is 0.481. The highest BCUT2D eigenvalue weighted by atomic mass is 16.5. The van der Waals surface area contributed by atoms with Gasteiger partial charge in [-0.25, -0.2) is 0 Å². The zero-order chi connectivity index (χ0) is 27.2. The molecular weight excluding hydrogens is 484 g/mol. The van der Waals surface area contributed by atoms with Gasteiger partial charge in [-0.2, -0.15) is 0 Å². The van der Waals surface area contributed by atoms with E-state index >= 15 is 0 Å². The Labute approximate surface area is 223 Å². The summed E-state index contributed by atoms with van der Waals surface area (Å²) < 4.78 is 6.24. The minimum absolute atomic E-state index is 0.0631. The lowest BCUT2D eigenvalue weighted by atomic mass is 10.0. The number of benzene rings is 2. The third kappa shape index (κ3) is 6.83. The fraction of sp³-hybridized carbons (Fsp3) is 0.483.